The zero-order chi connectivity index (χ0) is 21.4. The Morgan fingerprint density at radius 2 is 2.14 bits per heavy atom. The monoisotopic (exact) mass is 428 g/mol. The fourth-order valence-corrected chi connectivity index (χ4v) is 3.58. The van der Waals surface area contributed by atoms with Crippen LogP contribution < -0.4 is 15.8 Å². The van der Waals surface area contributed by atoms with Gasteiger partial charge in [-0.3, -0.25) is 9.59 Å². The van der Waals surface area contributed by atoms with Gasteiger partial charge in [-0.05, 0) is 31.9 Å². The molecule has 0 aliphatic carbocycles. The average Bonchev–Trinajstić information content (AvgIpc) is 2.69. The van der Waals surface area contributed by atoms with Crippen LogP contribution in [0, 0.1) is 0 Å². The van der Waals surface area contributed by atoms with Crippen molar-refractivity contribution in [3.63, 3.8) is 0 Å². The van der Waals surface area contributed by atoms with Gasteiger partial charge in [0.1, 0.15) is 11.4 Å². The molecule has 1 saturated heterocycles. The van der Waals surface area contributed by atoms with E-state index in [4.69, 9.17) is 31.9 Å². The van der Waals surface area contributed by atoms with Gasteiger partial charge in [0.05, 0.1) is 24.3 Å². The molecule has 1 aliphatic heterocycles. The summed E-state index contributed by atoms with van der Waals surface area (Å²) in [5.74, 6) is -0.871. The number of carboxylic acid groups (broad SMARTS) is 1. The van der Waals surface area contributed by atoms with Crippen LogP contribution in [-0.2, 0) is 9.53 Å². The fraction of sp³-hybridized carbons (Fsp3) is 0.632. The second-order valence-electron chi connectivity index (χ2n) is 7.06. The number of hydrogen-bond acceptors (Lipinski definition) is 7. The molecule has 0 radical (unpaired) electrons. The molecule has 0 spiro atoms. The highest BCUT2D eigenvalue weighted by atomic mass is 35.5. The zero-order valence-electron chi connectivity index (χ0n) is 16.8. The van der Waals surface area contributed by atoms with Crippen LogP contribution >= 0.6 is 11.6 Å². The Bertz CT molecular complexity index is 718. The summed E-state index contributed by atoms with van der Waals surface area (Å²) >= 11 is 6.01. The number of halogens is 1. The van der Waals surface area contributed by atoms with E-state index in [0.29, 0.717) is 13.0 Å². The third-order valence-electron chi connectivity index (χ3n) is 5.03. The van der Waals surface area contributed by atoms with E-state index in [0.717, 1.165) is 32.4 Å². The topological polar surface area (TPSA) is 127 Å². The number of amides is 1. The number of rotatable bonds is 10. The number of nitrogens with zero attached hydrogens (tertiary/aromatic N) is 2. The molecule has 1 aromatic heterocycles. The van der Waals surface area contributed by atoms with Crippen molar-refractivity contribution in [2.24, 2.45) is 0 Å². The van der Waals surface area contributed by atoms with Crippen molar-refractivity contribution in [1.29, 1.82) is 0 Å². The van der Waals surface area contributed by atoms with Crippen molar-refractivity contribution in [3.8, 4) is 5.88 Å². The fourth-order valence-electron chi connectivity index (χ4n) is 3.43. The van der Waals surface area contributed by atoms with Gasteiger partial charge >= 0.3 is 5.97 Å². The summed E-state index contributed by atoms with van der Waals surface area (Å²) in [7, 11) is 3.04. The molecule has 2 atom stereocenters. The number of hydrogen-bond donors (Lipinski definition) is 3. The molecule has 1 aliphatic rings. The second-order valence-corrected chi connectivity index (χ2v) is 7.47. The number of carbonyl (C=O) groups excluding carboxylic acids is 1. The number of pyridine rings is 1. The van der Waals surface area contributed by atoms with E-state index in [2.05, 4.69) is 15.2 Å². The molecule has 0 bridgehead atoms. The number of aromatic nitrogens is 1. The lowest BCUT2D eigenvalue weighted by molar-refractivity contribution is -0.137. The van der Waals surface area contributed by atoms with Crippen LogP contribution in [0.4, 0.5) is 5.82 Å². The maximum atomic E-state index is 12.8. The lowest BCUT2D eigenvalue weighted by atomic mass is 10.0. The summed E-state index contributed by atoms with van der Waals surface area (Å²) < 4.78 is 10.8. The van der Waals surface area contributed by atoms with E-state index in [1.807, 2.05) is 0 Å². The van der Waals surface area contributed by atoms with Crippen molar-refractivity contribution >= 4 is 29.3 Å². The Morgan fingerprint density at radius 3 is 2.79 bits per heavy atom. The van der Waals surface area contributed by atoms with E-state index in [1.54, 1.807) is 7.11 Å². The molecule has 2 rings (SSSR count). The predicted molar refractivity (Wildman–Crippen MR) is 109 cm³/mol. The van der Waals surface area contributed by atoms with Crippen LogP contribution in [0.3, 0.4) is 0 Å². The first kappa shape index (κ1) is 23.2. The first-order chi connectivity index (χ1) is 13.8. The van der Waals surface area contributed by atoms with Crippen LogP contribution in [-0.4, -0.2) is 72.9 Å². The van der Waals surface area contributed by atoms with Gasteiger partial charge in [0.25, 0.3) is 5.91 Å². The number of methoxy groups -OCH3 is 2. The van der Waals surface area contributed by atoms with E-state index in [-0.39, 0.29) is 46.8 Å². The molecule has 1 fully saturated rings. The standard InChI is InChI=1S/C19H29ClN4O5/c1-28-15-11-24(8-5-3-4-6-16(25)26)9-7-14(15)22-18(27)12-10-13(20)17(21)23-19(12)29-2/h10,14-15H,3-9,11H2,1-2H3,(H2,21,23)(H,22,27)(H,25,26). The van der Waals surface area contributed by atoms with Crippen LogP contribution in [0.15, 0.2) is 6.07 Å². The highest BCUT2D eigenvalue weighted by molar-refractivity contribution is 6.33. The minimum Gasteiger partial charge on any atom is -0.481 e. The number of unbranched alkanes of at least 4 members (excludes halogenated alkanes) is 2. The minimum atomic E-state index is -0.754. The van der Waals surface area contributed by atoms with Gasteiger partial charge in [-0.2, -0.15) is 4.98 Å². The zero-order valence-corrected chi connectivity index (χ0v) is 17.6. The van der Waals surface area contributed by atoms with Crippen molar-refractivity contribution in [2.75, 3.05) is 39.6 Å². The summed E-state index contributed by atoms with van der Waals surface area (Å²) in [6.45, 7) is 2.39. The summed E-state index contributed by atoms with van der Waals surface area (Å²) in [6.07, 6.45) is 3.30. The number of nitrogen functional groups attached to an aromatic ring is 1. The van der Waals surface area contributed by atoms with Crippen LogP contribution in [0.25, 0.3) is 0 Å². The molecule has 2 heterocycles. The molecule has 0 aromatic carbocycles. The van der Waals surface area contributed by atoms with E-state index in [1.165, 1.54) is 13.2 Å². The molecule has 1 amide bonds. The summed E-state index contributed by atoms with van der Waals surface area (Å²) in [4.78, 5) is 29.6. The van der Waals surface area contributed by atoms with Gasteiger partial charge in [-0.1, -0.05) is 18.0 Å². The Labute approximate surface area is 175 Å². The number of likely N-dealkylation sites (tertiary alicyclic amines) is 1. The smallest absolute Gasteiger partial charge is 0.303 e. The Kier molecular flexibility index (Phi) is 8.94. The predicted octanol–water partition coefficient (Wildman–Crippen LogP) is 1.79. The number of nitrogens with one attached hydrogen (secondary N) is 1. The third-order valence-corrected chi connectivity index (χ3v) is 5.34. The molecular formula is C19H29ClN4O5. The van der Waals surface area contributed by atoms with Crippen LogP contribution in [0.2, 0.25) is 5.02 Å². The molecule has 162 valence electrons. The van der Waals surface area contributed by atoms with Gasteiger partial charge in [0.15, 0.2) is 0 Å². The summed E-state index contributed by atoms with van der Waals surface area (Å²) in [6, 6.07) is 1.29. The van der Waals surface area contributed by atoms with Gasteiger partial charge in [-0.25, -0.2) is 0 Å². The molecule has 1 aromatic rings. The highest BCUT2D eigenvalue weighted by Crippen LogP contribution is 2.25. The molecule has 10 heteroatoms. The maximum Gasteiger partial charge on any atom is 0.303 e. The number of carboxylic acids is 1. The molecule has 4 N–H and O–H groups in total. The summed E-state index contributed by atoms with van der Waals surface area (Å²) in [5.41, 5.74) is 5.90. The van der Waals surface area contributed by atoms with Crippen molar-refractivity contribution in [2.45, 2.75) is 44.2 Å². The molecular weight excluding hydrogens is 400 g/mol. The van der Waals surface area contributed by atoms with E-state index in [9.17, 15) is 9.59 Å². The maximum absolute atomic E-state index is 12.8. The van der Waals surface area contributed by atoms with Crippen LogP contribution in [0.1, 0.15) is 42.5 Å². The first-order valence-electron chi connectivity index (χ1n) is 9.63. The third kappa shape index (κ3) is 6.73. The lowest BCUT2D eigenvalue weighted by Crippen LogP contribution is -2.54. The Hall–Kier alpha value is -2.10. The number of carbonyl (C=O) groups is 2. The average molecular weight is 429 g/mol. The molecule has 2 unspecified atom stereocenters. The molecule has 9 nitrogen and oxygen atoms in total. The van der Waals surface area contributed by atoms with Crippen LogP contribution in [0.5, 0.6) is 5.88 Å². The normalized spacial score (nSPS) is 19.7. The number of ether oxygens (including phenoxy) is 2. The second kappa shape index (κ2) is 11.2. The number of aliphatic carboxylic acids is 1. The van der Waals surface area contributed by atoms with Gasteiger partial charge in [0.2, 0.25) is 5.88 Å². The van der Waals surface area contributed by atoms with E-state index < -0.39 is 5.97 Å². The number of anilines is 1. The number of nitrogens with two attached hydrogens (primary N) is 1. The first-order valence-corrected chi connectivity index (χ1v) is 10.0. The van der Waals surface area contributed by atoms with E-state index >= 15 is 0 Å². The van der Waals surface area contributed by atoms with Crippen molar-refractivity contribution in [3.05, 3.63) is 16.7 Å². The molecule has 29 heavy (non-hydrogen) atoms. The Balaban J connectivity index is 1.90. The van der Waals surface area contributed by atoms with Crippen molar-refractivity contribution in [1.82, 2.24) is 15.2 Å². The largest absolute Gasteiger partial charge is 0.481 e. The number of piperidine rings is 1. The van der Waals surface area contributed by atoms with Gasteiger partial charge in [0, 0.05) is 26.6 Å². The van der Waals surface area contributed by atoms with Gasteiger partial charge in [-0.15, -0.1) is 0 Å². The quantitative estimate of drug-likeness (QED) is 0.481. The minimum absolute atomic E-state index is 0.103. The SMILES string of the molecule is COc1nc(N)c(Cl)cc1C(=O)NC1CCN(CCCCCC(=O)O)CC1OC. The van der Waals surface area contributed by atoms with Gasteiger partial charge < -0.3 is 30.5 Å². The van der Waals surface area contributed by atoms with Crippen molar-refractivity contribution < 1.29 is 24.2 Å². The molecule has 0 saturated carbocycles. The lowest BCUT2D eigenvalue weighted by Gasteiger charge is -2.38. The Morgan fingerprint density at radius 1 is 1.38 bits per heavy atom. The highest BCUT2D eigenvalue weighted by Gasteiger charge is 2.31. The summed E-state index contributed by atoms with van der Waals surface area (Å²) in [5, 5.41) is 11.9.